The number of hydrogen-bond donors (Lipinski definition) is 1. The van der Waals surface area contributed by atoms with Gasteiger partial charge in [0.15, 0.2) is 0 Å². The summed E-state index contributed by atoms with van der Waals surface area (Å²) in [5.74, 6) is 0. The molecule has 18 heavy (non-hydrogen) atoms. The molecule has 0 unspecified atom stereocenters. The van der Waals surface area contributed by atoms with Gasteiger partial charge in [-0.1, -0.05) is 13.0 Å². The van der Waals surface area contributed by atoms with Crippen LogP contribution in [0.25, 0.3) is 5.69 Å². The number of benzene rings is 1. The third-order valence-electron chi connectivity index (χ3n) is 2.60. The van der Waals surface area contributed by atoms with E-state index in [1.807, 2.05) is 18.2 Å². The summed E-state index contributed by atoms with van der Waals surface area (Å²) in [7, 11) is 0. The van der Waals surface area contributed by atoms with E-state index < -0.39 is 0 Å². The lowest BCUT2D eigenvalue weighted by Crippen LogP contribution is -2.14. The zero-order chi connectivity index (χ0) is 12.8. The minimum absolute atomic E-state index is 0.608. The Kier molecular flexibility index (Phi) is 4.05. The minimum atomic E-state index is 0.608. The topological polar surface area (TPSA) is 66.5 Å². The summed E-state index contributed by atoms with van der Waals surface area (Å²) in [6, 6.07) is 7.99. The minimum Gasteiger partial charge on any atom is -0.313 e. The zero-order valence-electron chi connectivity index (χ0n) is 10.3. The number of hydrogen-bond acceptors (Lipinski definition) is 4. The van der Waals surface area contributed by atoms with E-state index in [0.29, 0.717) is 5.56 Å². The molecular formula is C13H15N5. The highest BCUT2D eigenvalue weighted by atomic mass is 15.3. The maximum absolute atomic E-state index is 9.18. The van der Waals surface area contributed by atoms with E-state index in [4.69, 9.17) is 0 Å². The molecule has 2 aromatic rings. The van der Waals surface area contributed by atoms with Gasteiger partial charge in [-0.25, -0.2) is 9.67 Å². The number of aromatic nitrogens is 3. The highest BCUT2D eigenvalue weighted by Gasteiger charge is 2.06. The molecule has 1 heterocycles. The molecule has 1 aromatic carbocycles. The third-order valence-corrected chi connectivity index (χ3v) is 2.60. The second-order valence-electron chi connectivity index (χ2n) is 3.98. The molecule has 0 radical (unpaired) electrons. The Balaban J connectivity index is 2.22. The summed E-state index contributed by atoms with van der Waals surface area (Å²) in [6.07, 6.45) is 4.14. The Labute approximate surface area is 106 Å². The number of rotatable bonds is 5. The van der Waals surface area contributed by atoms with Crippen molar-refractivity contribution in [1.29, 1.82) is 5.26 Å². The van der Waals surface area contributed by atoms with E-state index in [1.165, 1.54) is 6.33 Å². The molecule has 5 nitrogen and oxygen atoms in total. The summed E-state index contributed by atoms with van der Waals surface area (Å²) in [6.45, 7) is 3.88. The SMILES string of the molecule is CCCNCc1ccc(-n2cncn2)c(C#N)c1. The van der Waals surface area contributed by atoms with Gasteiger partial charge in [-0.3, -0.25) is 0 Å². The molecule has 5 heteroatoms. The van der Waals surface area contributed by atoms with Gasteiger partial charge in [0.25, 0.3) is 0 Å². The van der Waals surface area contributed by atoms with Crippen LogP contribution in [-0.2, 0) is 6.54 Å². The van der Waals surface area contributed by atoms with Crippen LogP contribution in [0.4, 0.5) is 0 Å². The second-order valence-corrected chi connectivity index (χ2v) is 3.98. The fourth-order valence-corrected chi connectivity index (χ4v) is 1.72. The molecule has 0 amide bonds. The van der Waals surface area contributed by atoms with Crippen molar-refractivity contribution in [2.45, 2.75) is 19.9 Å². The van der Waals surface area contributed by atoms with Gasteiger partial charge in [0.2, 0.25) is 0 Å². The molecule has 0 aliphatic rings. The van der Waals surface area contributed by atoms with Gasteiger partial charge >= 0.3 is 0 Å². The van der Waals surface area contributed by atoms with Gasteiger partial charge in [-0.2, -0.15) is 10.4 Å². The van der Waals surface area contributed by atoms with Gasteiger partial charge in [-0.05, 0) is 30.7 Å². The van der Waals surface area contributed by atoms with Gasteiger partial charge in [0, 0.05) is 6.54 Å². The first-order chi connectivity index (χ1) is 8.85. The van der Waals surface area contributed by atoms with Crippen LogP contribution in [0.15, 0.2) is 30.9 Å². The lowest BCUT2D eigenvalue weighted by Gasteiger charge is -2.07. The van der Waals surface area contributed by atoms with Crippen molar-refractivity contribution in [2.75, 3.05) is 6.54 Å². The van der Waals surface area contributed by atoms with Crippen LogP contribution in [0.3, 0.4) is 0 Å². The van der Waals surface area contributed by atoms with Crippen LogP contribution in [0.5, 0.6) is 0 Å². The number of nitrogens with zero attached hydrogens (tertiary/aromatic N) is 4. The molecule has 1 N–H and O–H groups in total. The number of nitriles is 1. The van der Waals surface area contributed by atoms with Crippen LogP contribution in [-0.4, -0.2) is 21.3 Å². The Morgan fingerprint density at radius 3 is 3.00 bits per heavy atom. The normalized spacial score (nSPS) is 10.2. The average molecular weight is 241 g/mol. The van der Waals surface area contributed by atoms with E-state index in [9.17, 15) is 5.26 Å². The van der Waals surface area contributed by atoms with E-state index in [0.717, 1.165) is 30.8 Å². The Morgan fingerprint density at radius 2 is 2.33 bits per heavy atom. The Morgan fingerprint density at radius 1 is 1.44 bits per heavy atom. The molecule has 0 atom stereocenters. The Bertz CT molecular complexity index is 539. The first-order valence-electron chi connectivity index (χ1n) is 5.94. The quantitative estimate of drug-likeness (QED) is 0.808. The first-order valence-corrected chi connectivity index (χ1v) is 5.94. The smallest absolute Gasteiger partial charge is 0.138 e. The molecular weight excluding hydrogens is 226 g/mol. The molecule has 0 saturated heterocycles. The van der Waals surface area contributed by atoms with Gasteiger partial charge in [-0.15, -0.1) is 0 Å². The van der Waals surface area contributed by atoms with Crippen LogP contribution in [0.1, 0.15) is 24.5 Å². The average Bonchev–Trinajstić information content (AvgIpc) is 2.92. The fraction of sp³-hybridized carbons (Fsp3) is 0.308. The molecule has 2 rings (SSSR count). The molecule has 0 aliphatic carbocycles. The summed E-state index contributed by atoms with van der Waals surface area (Å²) < 4.78 is 1.60. The summed E-state index contributed by atoms with van der Waals surface area (Å²) in [5, 5.41) is 16.5. The lowest BCUT2D eigenvalue weighted by atomic mass is 10.1. The maximum atomic E-state index is 9.18. The predicted octanol–water partition coefficient (Wildman–Crippen LogP) is 1.64. The molecule has 0 bridgehead atoms. The first kappa shape index (κ1) is 12.3. The van der Waals surface area contributed by atoms with E-state index >= 15 is 0 Å². The fourth-order valence-electron chi connectivity index (χ4n) is 1.72. The standard InChI is InChI=1S/C13H15N5/c1-2-5-15-8-11-3-4-13(12(6-11)7-14)18-10-16-9-17-18/h3-4,6,9-10,15H,2,5,8H2,1H3. The van der Waals surface area contributed by atoms with Crippen LogP contribution in [0.2, 0.25) is 0 Å². The summed E-state index contributed by atoms with van der Waals surface area (Å²) in [5.41, 5.74) is 2.47. The van der Waals surface area contributed by atoms with Crippen molar-refractivity contribution >= 4 is 0 Å². The van der Waals surface area contributed by atoms with Crippen LogP contribution < -0.4 is 5.32 Å². The van der Waals surface area contributed by atoms with Crippen molar-refractivity contribution in [3.63, 3.8) is 0 Å². The Hall–Kier alpha value is -2.19. The van der Waals surface area contributed by atoms with Gasteiger partial charge in [0.1, 0.15) is 18.7 Å². The number of nitrogens with one attached hydrogen (secondary N) is 1. The van der Waals surface area contributed by atoms with Crippen molar-refractivity contribution in [3.05, 3.63) is 42.0 Å². The highest BCUT2D eigenvalue weighted by molar-refractivity contribution is 5.49. The second kappa shape index (κ2) is 5.94. The molecule has 0 aliphatic heterocycles. The molecule has 1 aromatic heterocycles. The summed E-state index contributed by atoms with van der Waals surface area (Å²) >= 11 is 0. The lowest BCUT2D eigenvalue weighted by molar-refractivity contribution is 0.675. The molecule has 0 spiro atoms. The van der Waals surface area contributed by atoms with E-state index in [2.05, 4.69) is 28.4 Å². The monoisotopic (exact) mass is 241 g/mol. The molecule has 0 saturated carbocycles. The van der Waals surface area contributed by atoms with E-state index in [1.54, 1.807) is 11.0 Å². The van der Waals surface area contributed by atoms with Gasteiger partial charge in [0.05, 0.1) is 11.3 Å². The summed E-state index contributed by atoms with van der Waals surface area (Å²) in [4.78, 5) is 3.89. The van der Waals surface area contributed by atoms with Crippen molar-refractivity contribution in [1.82, 2.24) is 20.1 Å². The van der Waals surface area contributed by atoms with Crippen molar-refractivity contribution in [3.8, 4) is 11.8 Å². The molecule has 0 fully saturated rings. The predicted molar refractivity (Wildman–Crippen MR) is 68.1 cm³/mol. The molecule has 92 valence electrons. The van der Waals surface area contributed by atoms with Gasteiger partial charge < -0.3 is 5.32 Å². The third kappa shape index (κ3) is 2.73. The van der Waals surface area contributed by atoms with Crippen LogP contribution >= 0.6 is 0 Å². The maximum Gasteiger partial charge on any atom is 0.138 e. The van der Waals surface area contributed by atoms with Crippen molar-refractivity contribution in [2.24, 2.45) is 0 Å². The van der Waals surface area contributed by atoms with Crippen LogP contribution in [0, 0.1) is 11.3 Å². The zero-order valence-corrected chi connectivity index (χ0v) is 10.3. The largest absolute Gasteiger partial charge is 0.313 e. The highest BCUT2D eigenvalue weighted by Crippen LogP contribution is 2.14. The van der Waals surface area contributed by atoms with E-state index in [-0.39, 0.29) is 0 Å². The van der Waals surface area contributed by atoms with Crippen molar-refractivity contribution < 1.29 is 0 Å².